The summed E-state index contributed by atoms with van der Waals surface area (Å²) >= 11 is 0. The minimum atomic E-state index is -4.83. The lowest BCUT2D eigenvalue weighted by Crippen LogP contribution is -2.27. The Morgan fingerprint density at radius 2 is 1.18 bits per heavy atom. The van der Waals surface area contributed by atoms with Gasteiger partial charge in [0.15, 0.2) is 12.6 Å². The highest BCUT2D eigenvalue weighted by atomic mass is 32.3. The summed E-state index contributed by atoms with van der Waals surface area (Å²) in [4.78, 5) is 0. The summed E-state index contributed by atoms with van der Waals surface area (Å²) in [7, 11) is -9.66. The Morgan fingerprint density at radius 3 is 1.35 bits per heavy atom. The SMILES string of the molecule is C=CC(OC(C=C)OS(=O)(=O)O)OS(=O)(=O)O. The van der Waals surface area contributed by atoms with Crippen molar-refractivity contribution in [2.45, 2.75) is 12.6 Å². The highest BCUT2D eigenvalue weighted by Crippen LogP contribution is 2.09. The zero-order valence-electron chi connectivity index (χ0n) is 8.29. The maximum absolute atomic E-state index is 10.3. The fourth-order valence-corrected chi connectivity index (χ4v) is 1.33. The molecule has 2 atom stereocenters. The first kappa shape index (κ1) is 16.2. The molecule has 2 unspecified atom stereocenters. The summed E-state index contributed by atoms with van der Waals surface area (Å²) in [6, 6.07) is 0. The summed E-state index contributed by atoms with van der Waals surface area (Å²) in [6.07, 6.45) is -1.88. The highest BCUT2D eigenvalue weighted by Gasteiger charge is 2.21. The molecule has 0 aromatic rings. The fraction of sp³-hybridized carbons (Fsp3) is 0.333. The van der Waals surface area contributed by atoms with E-state index in [1.165, 1.54) is 0 Å². The van der Waals surface area contributed by atoms with Gasteiger partial charge in [0.2, 0.25) is 0 Å². The number of ether oxygens (including phenoxy) is 1. The van der Waals surface area contributed by atoms with Gasteiger partial charge in [0.05, 0.1) is 0 Å². The molecule has 0 aliphatic carbocycles. The number of rotatable bonds is 8. The van der Waals surface area contributed by atoms with Gasteiger partial charge in [-0.3, -0.25) is 9.11 Å². The maximum atomic E-state index is 10.3. The van der Waals surface area contributed by atoms with Gasteiger partial charge in [-0.2, -0.15) is 16.8 Å². The van der Waals surface area contributed by atoms with Crippen LogP contribution < -0.4 is 0 Å². The molecule has 0 heterocycles. The molecule has 0 amide bonds. The van der Waals surface area contributed by atoms with E-state index in [1.54, 1.807) is 0 Å². The Bertz CT molecular complexity index is 418. The predicted octanol–water partition coefficient (Wildman–Crippen LogP) is -0.334. The summed E-state index contributed by atoms with van der Waals surface area (Å²) < 4.78 is 70.3. The van der Waals surface area contributed by atoms with Gasteiger partial charge in [-0.1, -0.05) is 13.2 Å². The molecule has 17 heavy (non-hydrogen) atoms. The van der Waals surface area contributed by atoms with Crippen molar-refractivity contribution in [2.75, 3.05) is 0 Å². The largest absolute Gasteiger partial charge is 0.400 e. The van der Waals surface area contributed by atoms with Crippen LogP contribution in [0.25, 0.3) is 0 Å². The molecule has 2 N–H and O–H groups in total. The fourth-order valence-electron chi connectivity index (χ4n) is 0.607. The van der Waals surface area contributed by atoms with E-state index in [1.807, 2.05) is 0 Å². The third kappa shape index (κ3) is 8.93. The summed E-state index contributed by atoms with van der Waals surface area (Å²) in [6.45, 7) is 6.20. The Labute approximate surface area is 98.2 Å². The molecule has 0 fully saturated rings. The van der Waals surface area contributed by atoms with Crippen LogP contribution in [0.5, 0.6) is 0 Å². The van der Waals surface area contributed by atoms with E-state index in [-0.39, 0.29) is 0 Å². The van der Waals surface area contributed by atoms with Crippen molar-refractivity contribution in [1.82, 2.24) is 0 Å². The lowest BCUT2D eigenvalue weighted by Gasteiger charge is -2.17. The first-order valence-corrected chi connectivity index (χ1v) is 6.52. The molecule has 100 valence electrons. The highest BCUT2D eigenvalue weighted by molar-refractivity contribution is 7.81. The van der Waals surface area contributed by atoms with Crippen LogP contribution in [0.1, 0.15) is 0 Å². The van der Waals surface area contributed by atoms with Crippen LogP contribution >= 0.6 is 0 Å². The van der Waals surface area contributed by atoms with Crippen molar-refractivity contribution in [3.05, 3.63) is 25.3 Å². The Balaban J connectivity index is 4.64. The molecule has 0 saturated carbocycles. The zero-order chi connectivity index (χ0) is 13.7. The second-order valence-corrected chi connectivity index (χ2v) is 4.49. The van der Waals surface area contributed by atoms with Crippen molar-refractivity contribution in [2.24, 2.45) is 0 Å². The molecule has 0 aromatic heterocycles. The van der Waals surface area contributed by atoms with Crippen LogP contribution in [-0.4, -0.2) is 38.5 Å². The molecule has 9 nitrogen and oxygen atoms in total. The third-order valence-electron chi connectivity index (χ3n) is 1.09. The lowest BCUT2D eigenvalue weighted by molar-refractivity contribution is -0.141. The van der Waals surface area contributed by atoms with Gasteiger partial charge < -0.3 is 4.74 Å². The Morgan fingerprint density at radius 1 is 0.882 bits per heavy atom. The molecule has 0 aliphatic heterocycles. The Hall–Kier alpha value is -0.820. The van der Waals surface area contributed by atoms with Crippen molar-refractivity contribution < 1.29 is 39.0 Å². The quantitative estimate of drug-likeness (QED) is 0.349. The van der Waals surface area contributed by atoms with Crippen LogP contribution in [0.4, 0.5) is 0 Å². The van der Waals surface area contributed by atoms with Crippen LogP contribution in [0.3, 0.4) is 0 Å². The van der Waals surface area contributed by atoms with E-state index >= 15 is 0 Å². The van der Waals surface area contributed by atoms with Gasteiger partial charge in [-0.25, -0.2) is 8.37 Å². The van der Waals surface area contributed by atoms with Crippen molar-refractivity contribution in [1.29, 1.82) is 0 Å². The third-order valence-corrected chi connectivity index (χ3v) is 1.95. The van der Waals surface area contributed by atoms with E-state index in [0.29, 0.717) is 0 Å². The van der Waals surface area contributed by atoms with Crippen molar-refractivity contribution in [3.8, 4) is 0 Å². The first-order valence-electron chi connectivity index (χ1n) is 3.79. The average molecular weight is 290 g/mol. The molecule has 0 radical (unpaired) electrons. The standard InChI is InChI=1S/C6H10O9S2/c1-3-5(14-16(7,8)9)13-6(4-2)15-17(10,11)12/h3-6H,1-2H2,(H,7,8,9)(H,10,11,12). The molecular weight excluding hydrogens is 280 g/mol. The average Bonchev–Trinajstić information content (AvgIpc) is 2.11. The maximum Gasteiger partial charge on any atom is 0.400 e. The van der Waals surface area contributed by atoms with Crippen LogP contribution in [0, 0.1) is 0 Å². The van der Waals surface area contributed by atoms with Gasteiger partial charge in [-0.15, -0.1) is 0 Å². The normalized spacial score (nSPS) is 16.1. The molecule has 0 saturated heterocycles. The van der Waals surface area contributed by atoms with Crippen LogP contribution in [0.15, 0.2) is 25.3 Å². The van der Waals surface area contributed by atoms with Gasteiger partial charge in [0.25, 0.3) is 0 Å². The van der Waals surface area contributed by atoms with Crippen molar-refractivity contribution in [3.63, 3.8) is 0 Å². The van der Waals surface area contributed by atoms with E-state index < -0.39 is 33.4 Å². The molecule has 0 spiro atoms. The summed E-state index contributed by atoms with van der Waals surface area (Å²) in [5.74, 6) is 0. The zero-order valence-corrected chi connectivity index (χ0v) is 9.93. The molecule has 0 aliphatic rings. The molecule has 0 bridgehead atoms. The minimum Gasteiger partial charge on any atom is -0.314 e. The predicted molar refractivity (Wildman–Crippen MR) is 54.3 cm³/mol. The summed E-state index contributed by atoms with van der Waals surface area (Å²) in [5.41, 5.74) is 0. The summed E-state index contributed by atoms with van der Waals surface area (Å²) in [5, 5.41) is 0. The Kier molecular flexibility index (Phi) is 5.91. The molecule has 0 rings (SSSR count). The second-order valence-electron chi connectivity index (χ2n) is 2.39. The van der Waals surface area contributed by atoms with E-state index in [2.05, 4.69) is 26.3 Å². The number of hydrogen-bond donors (Lipinski definition) is 2. The smallest absolute Gasteiger partial charge is 0.314 e. The topological polar surface area (TPSA) is 136 Å². The monoisotopic (exact) mass is 290 g/mol. The first-order chi connectivity index (χ1) is 7.57. The molecular formula is C6H10O9S2. The van der Waals surface area contributed by atoms with Crippen molar-refractivity contribution >= 4 is 20.8 Å². The van der Waals surface area contributed by atoms with Crippen LogP contribution in [0.2, 0.25) is 0 Å². The van der Waals surface area contributed by atoms with Gasteiger partial charge in [-0.05, 0) is 12.2 Å². The molecule has 11 heteroatoms. The lowest BCUT2D eigenvalue weighted by atomic mass is 10.6. The van der Waals surface area contributed by atoms with Gasteiger partial charge >= 0.3 is 20.8 Å². The number of hydrogen-bond acceptors (Lipinski definition) is 7. The second kappa shape index (κ2) is 6.20. The van der Waals surface area contributed by atoms with Gasteiger partial charge in [0, 0.05) is 0 Å². The van der Waals surface area contributed by atoms with Gasteiger partial charge in [0.1, 0.15) is 0 Å². The van der Waals surface area contributed by atoms with Crippen LogP contribution in [-0.2, 0) is 33.9 Å². The minimum absolute atomic E-state index is 0.789. The van der Waals surface area contributed by atoms with E-state index in [0.717, 1.165) is 12.2 Å². The molecule has 0 aromatic carbocycles. The van der Waals surface area contributed by atoms with E-state index in [4.69, 9.17) is 9.11 Å². The van der Waals surface area contributed by atoms with E-state index in [9.17, 15) is 16.8 Å².